The second-order valence-electron chi connectivity index (χ2n) is 6.89. The van der Waals surface area contributed by atoms with Crippen molar-refractivity contribution >= 4 is 0 Å². The summed E-state index contributed by atoms with van der Waals surface area (Å²) >= 11 is 0. The molecule has 0 radical (unpaired) electrons. The first kappa shape index (κ1) is 14.9. The van der Waals surface area contributed by atoms with Gasteiger partial charge in [-0.2, -0.15) is 0 Å². The predicted octanol–water partition coefficient (Wildman–Crippen LogP) is 2.61. The Kier molecular flexibility index (Phi) is 4.55. The van der Waals surface area contributed by atoms with Crippen molar-refractivity contribution in [3.05, 3.63) is 24.3 Å². The van der Waals surface area contributed by atoms with Crippen molar-refractivity contribution in [2.45, 2.75) is 64.1 Å². The second kappa shape index (κ2) is 6.41. The zero-order valence-electron chi connectivity index (χ0n) is 13.4. The van der Waals surface area contributed by atoms with Crippen LogP contribution in [-0.4, -0.2) is 39.5 Å². The normalized spacial score (nSPS) is 27.0. The molecule has 0 amide bonds. The molecule has 2 aliphatic rings. The average molecular weight is 288 g/mol. The van der Waals surface area contributed by atoms with E-state index in [1.165, 1.54) is 32.1 Å². The van der Waals surface area contributed by atoms with Crippen LogP contribution in [0.1, 0.15) is 51.8 Å². The zero-order valence-corrected chi connectivity index (χ0v) is 13.4. The average Bonchev–Trinajstić information content (AvgIpc) is 2.96. The molecule has 1 aliphatic carbocycles. The maximum Gasteiger partial charge on any atom is 0.142 e. The van der Waals surface area contributed by atoms with Crippen LogP contribution in [0.4, 0.5) is 0 Å². The van der Waals surface area contributed by atoms with Crippen molar-refractivity contribution < 1.29 is 0 Å². The van der Waals surface area contributed by atoms with Crippen molar-refractivity contribution in [2.75, 3.05) is 13.1 Å². The van der Waals surface area contributed by atoms with Gasteiger partial charge in [0.15, 0.2) is 0 Å². The molecule has 1 saturated carbocycles. The van der Waals surface area contributed by atoms with Gasteiger partial charge in [-0.15, -0.1) is 0 Å². The lowest BCUT2D eigenvalue weighted by Gasteiger charge is -2.48. The zero-order chi connectivity index (χ0) is 14.7. The number of nitrogens with one attached hydrogen (secondary N) is 1. The molecule has 0 aromatic carbocycles. The Morgan fingerprint density at radius 1 is 1.33 bits per heavy atom. The maximum absolute atomic E-state index is 4.43. The van der Waals surface area contributed by atoms with Gasteiger partial charge in [0.2, 0.25) is 0 Å². The second-order valence-corrected chi connectivity index (χ2v) is 6.89. The quantitative estimate of drug-likeness (QED) is 0.924. The summed E-state index contributed by atoms with van der Waals surface area (Å²) in [6.45, 7) is 7.82. The Morgan fingerprint density at radius 3 is 2.71 bits per heavy atom. The fourth-order valence-electron chi connectivity index (χ4n) is 4.00. The maximum atomic E-state index is 4.43. The summed E-state index contributed by atoms with van der Waals surface area (Å²) in [6.07, 6.45) is 10.3. The molecule has 1 N–H and O–H groups in total. The smallest absolute Gasteiger partial charge is 0.142 e. The third-order valence-corrected chi connectivity index (χ3v) is 5.49. The number of aromatic nitrogens is 2. The number of hydrogen-bond acceptors (Lipinski definition) is 4. The van der Waals surface area contributed by atoms with Crippen molar-refractivity contribution in [3.63, 3.8) is 0 Å². The lowest BCUT2D eigenvalue weighted by atomic mass is 9.87. The highest BCUT2D eigenvalue weighted by Gasteiger charge is 2.42. The summed E-state index contributed by atoms with van der Waals surface area (Å²) in [6, 6.07) is 2.50. The van der Waals surface area contributed by atoms with Crippen LogP contribution < -0.4 is 5.32 Å². The van der Waals surface area contributed by atoms with Crippen molar-refractivity contribution in [3.8, 4) is 0 Å². The third kappa shape index (κ3) is 3.27. The van der Waals surface area contributed by atoms with Crippen LogP contribution in [-0.2, 0) is 6.54 Å². The van der Waals surface area contributed by atoms with E-state index in [2.05, 4.69) is 34.0 Å². The van der Waals surface area contributed by atoms with E-state index in [9.17, 15) is 0 Å². The largest absolute Gasteiger partial charge is 0.308 e. The number of piperazine rings is 1. The van der Waals surface area contributed by atoms with E-state index in [0.29, 0.717) is 17.5 Å². The summed E-state index contributed by atoms with van der Waals surface area (Å²) in [4.78, 5) is 11.5. The van der Waals surface area contributed by atoms with E-state index in [1.807, 2.05) is 18.5 Å². The molecule has 4 heteroatoms. The van der Waals surface area contributed by atoms with Gasteiger partial charge in [0, 0.05) is 37.1 Å². The molecule has 2 unspecified atom stereocenters. The Hall–Kier alpha value is -1.00. The molecule has 1 aliphatic heterocycles. The molecule has 1 aromatic rings. The van der Waals surface area contributed by atoms with E-state index in [1.54, 1.807) is 0 Å². The van der Waals surface area contributed by atoms with Crippen LogP contribution in [0.15, 0.2) is 18.5 Å². The number of hydrogen-bond donors (Lipinski definition) is 1. The van der Waals surface area contributed by atoms with Crippen molar-refractivity contribution in [1.82, 2.24) is 20.2 Å². The van der Waals surface area contributed by atoms with Crippen LogP contribution in [0.3, 0.4) is 0 Å². The van der Waals surface area contributed by atoms with Crippen LogP contribution in [0.5, 0.6) is 0 Å². The Bertz CT molecular complexity index is 441. The number of rotatable bonds is 4. The molecular weight excluding hydrogens is 260 g/mol. The molecule has 0 bridgehead atoms. The lowest BCUT2D eigenvalue weighted by molar-refractivity contribution is 0.0436. The minimum absolute atomic E-state index is 0.360. The van der Waals surface area contributed by atoms with Gasteiger partial charge in [-0.05, 0) is 24.8 Å². The molecule has 21 heavy (non-hydrogen) atoms. The highest BCUT2D eigenvalue weighted by Crippen LogP contribution is 2.35. The van der Waals surface area contributed by atoms with Gasteiger partial charge in [-0.25, -0.2) is 9.97 Å². The monoisotopic (exact) mass is 288 g/mol. The van der Waals surface area contributed by atoms with Crippen LogP contribution in [0.2, 0.25) is 0 Å². The molecule has 3 rings (SSSR count). The molecule has 116 valence electrons. The van der Waals surface area contributed by atoms with E-state index in [0.717, 1.165) is 25.5 Å². The fourth-order valence-corrected chi connectivity index (χ4v) is 4.00. The van der Waals surface area contributed by atoms with Gasteiger partial charge in [0.1, 0.15) is 5.82 Å². The molecule has 2 heterocycles. The SMILES string of the molecule is CCC(C)C1CNC2(CCCC2)CN1Cc1ncccn1. The first-order valence-corrected chi connectivity index (χ1v) is 8.47. The summed E-state index contributed by atoms with van der Waals surface area (Å²) in [5.74, 6) is 1.67. The molecule has 1 saturated heterocycles. The molecule has 1 spiro atoms. The minimum atomic E-state index is 0.360. The third-order valence-electron chi connectivity index (χ3n) is 5.49. The van der Waals surface area contributed by atoms with Gasteiger partial charge in [0.25, 0.3) is 0 Å². The van der Waals surface area contributed by atoms with Crippen LogP contribution in [0.25, 0.3) is 0 Å². The first-order valence-electron chi connectivity index (χ1n) is 8.47. The standard InChI is InChI=1S/C17H28N4/c1-3-14(2)15-11-20-17(7-4-5-8-17)13-21(15)12-16-18-9-6-10-19-16/h6,9-10,14-15,20H,3-5,7-8,11-13H2,1-2H3. The summed E-state index contributed by atoms with van der Waals surface area (Å²) < 4.78 is 0. The molecule has 2 atom stereocenters. The number of nitrogens with zero attached hydrogens (tertiary/aromatic N) is 3. The Morgan fingerprint density at radius 2 is 2.05 bits per heavy atom. The van der Waals surface area contributed by atoms with Crippen LogP contribution >= 0.6 is 0 Å². The molecule has 1 aromatic heterocycles. The van der Waals surface area contributed by atoms with Crippen LogP contribution in [0, 0.1) is 5.92 Å². The van der Waals surface area contributed by atoms with Gasteiger partial charge in [0.05, 0.1) is 6.54 Å². The molecule has 4 nitrogen and oxygen atoms in total. The topological polar surface area (TPSA) is 41.0 Å². The van der Waals surface area contributed by atoms with Gasteiger partial charge < -0.3 is 5.32 Å². The van der Waals surface area contributed by atoms with E-state index >= 15 is 0 Å². The van der Waals surface area contributed by atoms with E-state index in [4.69, 9.17) is 0 Å². The summed E-state index contributed by atoms with van der Waals surface area (Å²) in [7, 11) is 0. The minimum Gasteiger partial charge on any atom is -0.308 e. The summed E-state index contributed by atoms with van der Waals surface area (Å²) in [5.41, 5.74) is 0.360. The van der Waals surface area contributed by atoms with Gasteiger partial charge >= 0.3 is 0 Å². The lowest BCUT2D eigenvalue weighted by Crippen LogP contribution is -2.64. The van der Waals surface area contributed by atoms with Gasteiger partial charge in [-0.3, -0.25) is 4.90 Å². The Balaban J connectivity index is 1.76. The van der Waals surface area contributed by atoms with E-state index in [-0.39, 0.29) is 0 Å². The van der Waals surface area contributed by atoms with Crippen molar-refractivity contribution in [2.24, 2.45) is 5.92 Å². The summed E-state index contributed by atoms with van der Waals surface area (Å²) in [5, 5.41) is 3.89. The van der Waals surface area contributed by atoms with E-state index < -0.39 is 0 Å². The van der Waals surface area contributed by atoms with Crippen molar-refractivity contribution in [1.29, 1.82) is 0 Å². The highest BCUT2D eigenvalue weighted by atomic mass is 15.3. The molecular formula is C17H28N4. The Labute approximate surface area is 128 Å². The first-order chi connectivity index (χ1) is 10.2. The molecule has 2 fully saturated rings. The fraction of sp³-hybridized carbons (Fsp3) is 0.765. The predicted molar refractivity (Wildman–Crippen MR) is 84.9 cm³/mol. The highest BCUT2D eigenvalue weighted by molar-refractivity contribution is 5.03. The van der Waals surface area contributed by atoms with Gasteiger partial charge in [-0.1, -0.05) is 33.1 Å².